The minimum atomic E-state index is 0.380. The molecule has 20 heavy (non-hydrogen) atoms. The normalized spacial score (nSPS) is 13.8. The van der Waals surface area contributed by atoms with Crippen LogP contribution in [0.1, 0.15) is 44.5 Å². The summed E-state index contributed by atoms with van der Waals surface area (Å²) < 4.78 is 1.77. The summed E-state index contributed by atoms with van der Waals surface area (Å²) in [6.45, 7) is 7.95. The highest BCUT2D eigenvalue weighted by Gasteiger charge is 2.25. The molecule has 3 heteroatoms. The second-order valence-corrected chi connectivity index (χ2v) is 7.77. The number of hydrogen-bond acceptors (Lipinski definition) is 3. The fourth-order valence-electron chi connectivity index (χ4n) is 2.52. The molecule has 0 bridgehead atoms. The molecule has 0 aliphatic rings. The molecule has 0 saturated heterocycles. The molecule has 0 amide bonds. The third-order valence-corrected chi connectivity index (χ3v) is 7.21. The highest BCUT2D eigenvalue weighted by Crippen LogP contribution is 2.32. The van der Waals surface area contributed by atoms with Crippen molar-refractivity contribution < 1.29 is 0 Å². The third-order valence-electron chi connectivity index (χ3n) is 4.32. The number of fused-ring (bicyclic) bond motifs is 1. The number of thiophene rings is 1. The number of rotatable bonds is 7. The van der Waals surface area contributed by atoms with E-state index in [-0.39, 0.29) is 0 Å². The van der Waals surface area contributed by atoms with Gasteiger partial charge in [0.05, 0.1) is 0 Å². The van der Waals surface area contributed by atoms with Gasteiger partial charge in [0, 0.05) is 26.9 Å². The molecule has 0 aliphatic carbocycles. The Morgan fingerprint density at radius 3 is 2.55 bits per heavy atom. The Hall–Kier alpha value is -0.510. The van der Waals surface area contributed by atoms with Crippen LogP contribution in [0.15, 0.2) is 30.3 Å². The standard InChI is InChI=1S/C17H25NS2/c1-5-17(6-2,19-4)12-18-13(3)16-11-14-9-7-8-10-15(14)20-16/h7-11,13,18H,5-6,12H2,1-4H3. The van der Waals surface area contributed by atoms with Crippen LogP contribution in [-0.2, 0) is 0 Å². The maximum absolute atomic E-state index is 3.74. The van der Waals surface area contributed by atoms with Gasteiger partial charge in [0.25, 0.3) is 0 Å². The van der Waals surface area contributed by atoms with Crippen LogP contribution < -0.4 is 5.32 Å². The van der Waals surface area contributed by atoms with Crippen LogP contribution in [0.2, 0.25) is 0 Å². The molecule has 0 radical (unpaired) electrons. The second kappa shape index (κ2) is 6.97. The molecule has 1 N–H and O–H groups in total. The lowest BCUT2D eigenvalue weighted by Crippen LogP contribution is -2.37. The molecule has 0 saturated carbocycles. The van der Waals surface area contributed by atoms with Crippen LogP contribution in [0.25, 0.3) is 10.1 Å². The molecule has 2 aromatic rings. The van der Waals surface area contributed by atoms with Crippen molar-refractivity contribution in [2.24, 2.45) is 0 Å². The van der Waals surface area contributed by atoms with Gasteiger partial charge in [-0.05, 0) is 43.5 Å². The molecule has 1 atom stereocenters. The summed E-state index contributed by atoms with van der Waals surface area (Å²) in [5.41, 5.74) is 0. The Morgan fingerprint density at radius 2 is 1.95 bits per heavy atom. The van der Waals surface area contributed by atoms with E-state index in [1.54, 1.807) is 0 Å². The van der Waals surface area contributed by atoms with Crippen LogP contribution in [0, 0.1) is 0 Å². The first-order valence-electron chi connectivity index (χ1n) is 7.41. The minimum absolute atomic E-state index is 0.380. The zero-order valence-corrected chi connectivity index (χ0v) is 14.5. The van der Waals surface area contributed by atoms with E-state index in [1.165, 1.54) is 27.8 Å². The summed E-state index contributed by atoms with van der Waals surface area (Å²) in [6, 6.07) is 11.4. The van der Waals surface area contributed by atoms with E-state index < -0.39 is 0 Å². The van der Waals surface area contributed by atoms with Crippen molar-refractivity contribution in [3.8, 4) is 0 Å². The van der Waals surface area contributed by atoms with Crippen LogP contribution in [0.3, 0.4) is 0 Å². The lowest BCUT2D eigenvalue weighted by atomic mass is 10.0. The van der Waals surface area contributed by atoms with Crippen molar-refractivity contribution >= 4 is 33.2 Å². The Bertz CT molecular complexity index is 501. The molecule has 0 fully saturated rings. The molecule has 1 aromatic heterocycles. The van der Waals surface area contributed by atoms with E-state index >= 15 is 0 Å². The van der Waals surface area contributed by atoms with Gasteiger partial charge >= 0.3 is 0 Å². The monoisotopic (exact) mass is 307 g/mol. The Labute approximate surface area is 131 Å². The number of benzene rings is 1. The summed E-state index contributed by atoms with van der Waals surface area (Å²) in [7, 11) is 0. The lowest BCUT2D eigenvalue weighted by molar-refractivity contribution is 0.462. The van der Waals surface area contributed by atoms with Crippen molar-refractivity contribution in [2.45, 2.75) is 44.4 Å². The SMILES string of the molecule is CCC(CC)(CNC(C)c1cc2ccccc2s1)SC. The molecule has 0 spiro atoms. The van der Waals surface area contributed by atoms with Gasteiger partial charge in [-0.3, -0.25) is 0 Å². The smallest absolute Gasteiger partial charge is 0.0386 e. The molecule has 1 unspecified atom stereocenters. The summed E-state index contributed by atoms with van der Waals surface area (Å²) >= 11 is 3.91. The van der Waals surface area contributed by atoms with Crippen molar-refractivity contribution in [1.82, 2.24) is 5.32 Å². The van der Waals surface area contributed by atoms with E-state index in [2.05, 4.69) is 62.7 Å². The number of nitrogens with one attached hydrogen (secondary N) is 1. The van der Waals surface area contributed by atoms with Crippen LogP contribution in [-0.4, -0.2) is 17.5 Å². The first kappa shape index (κ1) is 15.9. The van der Waals surface area contributed by atoms with Gasteiger partial charge in [-0.15, -0.1) is 11.3 Å². The molecule has 1 aromatic carbocycles. The van der Waals surface area contributed by atoms with Crippen molar-refractivity contribution in [2.75, 3.05) is 12.8 Å². The van der Waals surface area contributed by atoms with Gasteiger partial charge in [0.1, 0.15) is 0 Å². The quantitative estimate of drug-likeness (QED) is 0.727. The zero-order chi connectivity index (χ0) is 14.6. The van der Waals surface area contributed by atoms with Gasteiger partial charge in [-0.25, -0.2) is 0 Å². The predicted octanol–water partition coefficient (Wildman–Crippen LogP) is 5.47. The van der Waals surface area contributed by atoms with Crippen LogP contribution in [0.4, 0.5) is 0 Å². The molecule has 1 nitrogen and oxygen atoms in total. The summed E-state index contributed by atoms with van der Waals surface area (Å²) in [6.07, 6.45) is 4.67. The fraction of sp³-hybridized carbons (Fsp3) is 0.529. The highest BCUT2D eigenvalue weighted by molar-refractivity contribution is 8.00. The summed E-state index contributed by atoms with van der Waals surface area (Å²) in [5.74, 6) is 0. The fourth-order valence-corrected chi connectivity index (χ4v) is 4.41. The zero-order valence-electron chi connectivity index (χ0n) is 12.9. The average Bonchev–Trinajstić information content (AvgIpc) is 2.93. The first-order valence-corrected chi connectivity index (χ1v) is 9.45. The molecule has 2 rings (SSSR count). The van der Waals surface area contributed by atoms with E-state index in [9.17, 15) is 0 Å². The van der Waals surface area contributed by atoms with Crippen LogP contribution in [0.5, 0.6) is 0 Å². The van der Waals surface area contributed by atoms with Gasteiger partial charge < -0.3 is 5.32 Å². The van der Waals surface area contributed by atoms with Gasteiger partial charge in [-0.1, -0.05) is 32.0 Å². The van der Waals surface area contributed by atoms with Crippen molar-refractivity contribution in [3.05, 3.63) is 35.2 Å². The Morgan fingerprint density at radius 1 is 1.25 bits per heavy atom. The number of thioether (sulfide) groups is 1. The third kappa shape index (κ3) is 3.38. The Balaban J connectivity index is 2.06. The largest absolute Gasteiger partial charge is 0.308 e. The molecule has 0 aliphatic heterocycles. The van der Waals surface area contributed by atoms with Gasteiger partial charge in [0.2, 0.25) is 0 Å². The predicted molar refractivity (Wildman–Crippen MR) is 95.1 cm³/mol. The van der Waals surface area contributed by atoms with E-state index in [0.29, 0.717) is 10.8 Å². The van der Waals surface area contributed by atoms with Crippen molar-refractivity contribution in [1.29, 1.82) is 0 Å². The van der Waals surface area contributed by atoms with E-state index in [0.717, 1.165) is 6.54 Å². The maximum atomic E-state index is 3.74. The summed E-state index contributed by atoms with van der Waals surface area (Å²) in [5, 5.41) is 5.11. The van der Waals surface area contributed by atoms with Crippen LogP contribution >= 0.6 is 23.1 Å². The second-order valence-electron chi connectivity index (χ2n) is 5.38. The first-order chi connectivity index (χ1) is 9.64. The average molecular weight is 308 g/mol. The lowest BCUT2D eigenvalue weighted by Gasteiger charge is -2.31. The molecular weight excluding hydrogens is 282 g/mol. The minimum Gasteiger partial charge on any atom is -0.308 e. The van der Waals surface area contributed by atoms with E-state index in [1.807, 2.05) is 23.1 Å². The number of hydrogen-bond donors (Lipinski definition) is 1. The highest BCUT2D eigenvalue weighted by atomic mass is 32.2. The maximum Gasteiger partial charge on any atom is 0.0386 e. The Kier molecular flexibility index (Phi) is 5.53. The molecular formula is C17H25NS2. The molecule has 110 valence electrons. The van der Waals surface area contributed by atoms with Gasteiger partial charge in [-0.2, -0.15) is 11.8 Å². The summed E-state index contributed by atoms with van der Waals surface area (Å²) in [4.78, 5) is 1.44. The van der Waals surface area contributed by atoms with Gasteiger partial charge in [0.15, 0.2) is 0 Å². The molecule has 1 heterocycles. The topological polar surface area (TPSA) is 12.0 Å². The van der Waals surface area contributed by atoms with Crippen molar-refractivity contribution in [3.63, 3.8) is 0 Å². The van der Waals surface area contributed by atoms with E-state index in [4.69, 9.17) is 0 Å².